The van der Waals surface area contributed by atoms with Crippen LogP contribution in [0.2, 0.25) is 0 Å². The number of methoxy groups -OCH3 is 2. The number of hydrogen-bond acceptors (Lipinski definition) is 3. The Morgan fingerprint density at radius 3 is 2.35 bits per heavy atom. The summed E-state index contributed by atoms with van der Waals surface area (Å²) >= 11 is 0. The summed E-state index contributed by atoms with van der Waals surface area (Å²) in [5.41, 5.74) is 1.62. The zero-order valence-electron chi connectivity index (χ0n) is 13.3. The largest absolute Gasteiger partial charge is 0.493 e. The monoisotopic (exact) mass is 277 g/mol. The molecule has 3 heteroatoms. The van der Waals surface area contributed by atoms with Crippen LogP contribution in [0, 0.1) is 5.92 Å². The van der Waals surface area contributed by atoms with Crippen molar-refractivity contribution >= 4 is 0 Å². The molecule has 3 nitrogen and oxygen atoms in total. The van der Waals surface area contributed by atoms with Crippen molar-refractivity contribution in [2.45, 2.75) is 45.1 Å². The Morgan fingerprint density at radius 1 is 1.20 bits per heavy atom. The fraction of sp³-hybridized carbons (Fsp3) is 0.647. The maximum absolute atomic E-state index is 5.45. The van der Waals surface area contributed by atoms with Gasteiger partial charge in [-0.3, -0.25) is 0 Å². The summed E-state index contributed by atoms with van der Waals surface area (Å²) in [7, 11) is 3.38. The topological polar surface area (TPSA) is 30.5 Å². The molecule has 0 radical (unpaired) electrons. The Morgan fingerprint density at radius 2 is 1.85 bits per heavy atom. The van der Waals surface area contributed by atoms with Gasteiger partial charge in [0.05, 0.1) is 14.2 Å². The Balaban J connectivity index is 2.25. The van der Waals surface area contributed by atoms with E-state index in [-0.39, 0.29) is 5.41 Å². The molecule has 1 aliphatic carbocycles. The van der Waals surface area contributed by atoms with E-state index in [2.05, 4.69) is 38.2 Å². The van der Waals surface area contributed by atoms with Gasteiger partial charge in [-0.2, -0.15) is 0 Å². The molecule has 0 aliphatic heterocycles. The van der Waals surface area contributed by atoms with Gasteiger partial charge in [0.15, 0.2) is 11.5 Å². The van der Waals surface area contributed by atoms with Crippen LogP contribution in [0.25, 0.3) is 0 Å². The highest BCUT2D eigenvalue weighted by atomic mass is 16.5. The molecule has 0 aromatic heterocycles. The molecule has 0 heterocycles. The molecule has 1 aromatic rings. The summed E-state index contributed by atoms with van der Waals surface area (Å²) in [6, 6.07) is 6.87. The maximum atomic E-state index is 5.45. The van der Waals surface area contributed by atoms with Gasteiger partial charge in [-0.05, 0) is 36.5 Å². The van der Waals surface area contributed by atoms with Crippen LogP contribution in [0.3, 0.4) is 0 Å². The van der Waals surface area contributed by atoms with Crippen molar-refractivity contribution in [1.82, 2.24) is 5.32 Å². The number of benzene rings is 1. The van der Waals surface area contributed by atoms with Crippen molar-refractivity contribution in [2.24, 2.45) is 5.92 Å². The number of nitrogens with one attached hydrogen (secondary N) is 1. The van der Waals surface area contributed by atoms with Gasteiger partial charge in [-0.25, -0.2) is 0 Å². The molecule has 0 saturated heterocycles. The summed E-state index contributed by atoms with van der Waals surface area (Å²) in [6.07, 6.45) is 2.48. The van der Waals surface area contributed by atoms with Crippen LogP contribution in [0.4, 0.5) is 0 Å². The summed E-state index contributed by atoms with van der Waals surface area (Å²) in [6.45, 7) is 7.76. The summed E-state index contributed by atoms with van der Waals surface area (Å²) in [5, 5.41) is 3.60. The normalized spacial score (nSPS) is 25.4. The molecule has 0 amide bonds. The Bertz CT molecular complexity index is 450. The molecule has 112 valence electrons. The Hall–Kier alpha value is -1.22. The van der Waals surface area contributed by atoms with Crippen molar-refractivity contribution in [1.29, 1.82) is 0 Å². The molecule has 1 aliphatic rings. The second kappa shape index (κ2) is 6.04. The van der Waals surface area contributed by atoms with Gasteiger partial charge in [-0.1, -0.05) is 26.8 Å². The smallest absolute Gasteiger partial charge is 0.161 e. The minimum absolute atomic E-state index is 0.253. The Labute approximate surface area is 122 Å². The molecule has 0 unspecified atom stereocenters. The van der Waals surface area contributed by atoms with Crippen LogP contribution in [0.15, 0.2) is 18.2 Å². The lowest BCUT2D eigenvalue weighted by Gasteiger charge is -2.48. The van der Waals surface area contributed by atoms with Crippen molar-refractivity contribution in [2.75, 3.05) is 20.8 Å². The molecular weight excluding hydrogens is 250 g/mol. The van der Waals surface area contributed by atoms with E-state index in [0.717, 1.165) is 24.0 Å². The number of ether oxygens (including phenoxy) is 2. The van der Waals surface area contributed by atoms with E-state index >= 15 is 0 Å². The average molecular weight is 277 g/mol. The van der Waals surface area contributed by atoms with E-state index in [1.807, 2.05) is 6.07 Å². The third kappa shape index (κ3) is 2.93. The van der Waals surface area contributed by atoms with Crippen LogP contribution in [-0.2, 0) is 5.41 Å². The fourth-order valence-corrected chi connectivity index (χ4v) is 3.32. The minimum atomic E-state index is 0.253. The molecule has 2 rings (SSSR count). The third-order valence-electron chi connectivity index (χ3n) is 4.32. The maximum Gasteiger partial charge on any atom is 0.161 e. The minimum Gasteiger partial charge on any atom is -0.493 e. The predicted octanol–water partition coefficient (Wildman–Crippen LogP) is 3.37. The van der Waals surface area contributed by atoms with E-state index in [1.165, 1.54) is 18.4 Å². The van der Waals surface area contributed by atoms with Gasteiger partial charge in [0.2, 0.25) is 0 Å². The van der Waals surface area contributed by atoms with Crippen molar-refractivity contribution in [3.63, 3.8) is 0 Å². The molecular formula is C17H27NO2. The Kier molecular flexibility index (Phi) is 4.59. The second-order valence-corrected chi connectivity index (χ2v) is 6.40. The summed E-state index contributed by atoms with van der Waals surface area (Å²) in [4.78, 5) is 0. The van der Waals surface area contributed by atoms with Crippen LogP contribution >= 0.6 is 0 Å². The molecule has 1 aromatic carbocycles. The first-order chi connectivity index (χ1) is 9.50. The van der Waals surface area contributed by atoms with Crippen LogP contribution < -0.4 is 14.8 Å². The highest BCUT2D eigenvalue weighted by Gasteiger charge is 2.43. The van der Waals surface area contributed by atoms with Gasteiger partial charge < -0.3 is 14.8 Å². The number of hydrogen-bond donors (Lipinski definition) is 1. The summed E-state index contributed by atoms with van der Waals surface area (Å²) in [5.74, 6) is 2.43. The average Bonchev–Trinajstić information content (AvgIpc) is 2.41. The molecule has 1 N–H and O–H groups in total. The fourth-order valence-electron chi connectivity index (χ4n) is 3.32. The van der Waals surface area contributed by atoms with Crippen molar-refractivity contribution < 1.29 is 9.47 Å². The zero-order chi connectivity index (χ0) is 14.8. The van der Waals surface area contributed by atoms with Gasteiger partial charge in [-0.15, -0.1) is 0 Å². The van der Waals surface area contributed by atoms with Crippen LogP contribution in [0.1, 0.15) is 39.2 Å². The van der Waals surface area contributed by atoms with E-state index in [0.29, 0.717) is 6.04 Å². The van der Waals surface area contributed by atoms with Gasteiger partial charge >= 0.3 is 0 Å². The third-order valence-corrected chi connectivity index (χ3v) is 4.32. The SMILES string of the molecule is COc1ccc(C2(CNC(C)C)CC(C)C2)cc1OC. The highest BCUT2D eigenvalue weighted by Crippen LogP contribution is 2.48. The van der Waals surface area contributed by atoms with Gasteiger partial charge in [0.25, 0.3) is 0 Å². The first kappa shape index (κ1) is 15.2. The molecule has 1 saturated carbocycles. The molecule has 0 spiro atoms. The van der Waals surface area contributed by atoms with Crippen molar-refractivity contribution in [3.8, 4) is 11.5 Å². The van der Waals surface area contributed by atoms with E-state index < -0.39 is 0 Å². The van der Waals surface area contributed by atoms with E-state index in [1.54, 1.807) is 14.2 Å². The number of rotatable bonds is 6. The van der Waals surface area contributed by atoms with Gasteiger partial charge in [0, 0.05) is 18.0 Å². The lowest BCUT2D eigenvalue weighted by atomic mass is 9.59. The van der Waals surface area contributed by atoms with Crippen LogP contribution in [-0.4, -0.2) is 26.8 Å². The van der Waals surface area contributed by atoms with Crippen LogP contribution in [0.5, 0.6) is 11.5 Å². The van der Waals surface area contributed by atoms with Crippen molar-refractivity contribution in [3.05, 3.63) is 23.8 Å². The molecule has 20 heavy (non-hydrogen) atoms. The molecule has 0 atom stereocenters. The highest BCUT2D eigenvalue weighted by molar-refractivity contribution is 5.46. The zero-order valence-corrected chi connectivity index (χ0v) is 13.3. The quantitative estimate of drug-likeness (QED) is 0.865. The molecule has 1 fully saturated rings. The van der Waals surface area contributed by atoms with E-state index in [9.17, 15) is 0 Å². The van der Waals surface area contributed by atoms with E-state index in [4.69, 9.17) is 9.47 Å². The first-order valence-electron chi connectivity index (χ1n) is 7.46. The first-order valence-corrected chi connectivity index (χ1v) is 7.46. The lowest BCUT2D eigenvalue weighted by Crippen LogP contribution is -2.49. The predicted molar refractivity (Wildman–Crippen MR) is 82.8 cm³/mol. The molecule has 0 bridgehead atoms. The summed E-state index contributed by atoms with van der Waals surface area (Å²) < 4.78 is 10.8. The van der Waals surface area contributed by atoms with Gasteiger partial charge in [0.1, 0.15) is 0 Å². The standard InChI is InChI=1S/C17H27NO2/c1-12(2)18-11-17(9-13(3)10-17)14-6-7-15(19-4)16(8-14)20-5/h6-8,12-13,18H,9-11H2,1-5H3. The lowest BCUT2D eigenvalue weighted by molar-refractivity contribution is 0.149. The second-order valence-electron chi connectivity index (χ2n) is 6.40.